The van der Waals surface area contributed by atoms with E-state index < -0.39 is 23.6 Å². The van der Waals surface area contributed by atoms with E-state index in [1.165, 1.54) is 13.3 Å². The van der Waals surface area contributed by atoms with Crippen LogP contribution in [0.4, 0.5) is 10.7 Å². The Labute approximate surface area is 153 Å². The summed E-state index contributed by atoms with van der Waals surface area (Å²) in [5.41, 5.74) is -1.00. The molecule has 0 aromatic carbocycles. The number of aliphatic hydroxyl groups is 1. The minimum absolute atomic E-state index is 0.0834. The van der Waals surface area contributed by atoms with Gasteiger partial charge in [-0.2, -0.15) is 4.98 Å². The summed E-state index contributed by atoms with van der Waals surface area (Å²) in [6, 6.07) is -0.591. The zero-order valence-corrected chi connectivity index (χ0v) is 14.8. The first-order chi connectivity index (χ1) is 12.8. The van der Waals surface area contributed by atoms with Crippen molar-refractivity contribution in [3.8, 4) is 0 Å². The molecule has 1 aromatic rings. The molecule has 2 amide bonds. The number of ether oxygens (including phenoxy) is 1. The van der Waals surface area contributed by atoms with Gasteiger partial charge in [0.1, 0.15) is 5.76 Å². The van der Waals surface area contributed by atoms with Crippen LogP contribution < -0.4 is 27.3 Å². The zero-order chi connectivity index (χ0) is 20.0. The number of nitrogens with one attached hydrogen (secondary N) is 4. The van der Waals surface area contributed by atoms with Gasteiger partial charge in [-0.15, -0.1) is 0 Å². The van der Waals surface area contributed by atoms with Crippen molar-refractivity contribution in [1.82, 2.24) is 25.2 Å². The molecule has 0 spiro atoms. The fraction of sp³-hybridized carbons (Fsp3) is 0.250. The lowest BCUT2D eigenvalue weighted by atomic mass is 10.2. The number of hydrogen-bond donors (Lipinski definition) is 5. The minimum atomic E-state index is -1.31. The van der Waals surface area contributed by atoms with Gasteiger partial charge in [-0.25, -0.2) is 19.0 Å². The SMILES string of the molecule is C=C(/C=C\C(=C/C)OC)Nc1nc(=O)n(CC2=CNC(=O)NC2O)c(=O)[nH]1. The number of nitrogens with zero attached hydrogens (tertiary/aromatic N) is 2. The van der Waals surface area contributed by atoms with Gasteiger partial charge in [0.05, 0.1) is 13.7 Å². The molecule has 1 unspecified atom stereocenters. The Bertz CT molecular complexity index is 908. The Hall–Kier alpha value is -3.60. The molecule has 0 bridgehead atoms. The van der Waals surface area contributed by atoms with Crippen LogP contribution in [0.15, 0.2) is 57.6 Å². The minimum Gasteiger partial charge on any atom is -0.497 e. The molecule has 0 saturated carbocycles. The summed E-state index contributed by atoms with van der Waals surface area (Å²) in [4.78, 5) is 41.5. The average molecular weight is 376 g/mol. The van der Waals surface area contributed by atoms with Crippen molar-refractivity contribution < 1.29 is 14.6 Å². The van der Waals surface area contributed by atoms with Gasteiger partial charge in [0, 0.05) is 17.5 Å². The second kappa shape index (κ2) is 8.67. The van der Waals surface area contributed by atoms with E-state index in [0.717, 1.165) is 4.57 Å². The highest BCUT2D eigenvalue weighted by Gasteiger charge is 2.20. The topological polar surface area (TPSA) is 150 Å². The number of aromatic amines is 1. The van der Waals surface area contributed by atoms with Crippen molar-refractivity contribution in [2.24, 2.45) is 0 Å². The Morgan fingerprint density at radius 3 is 2.78 bits per heavy atom. The van der Waals surface area contributed by atoms with E-state index in [1.807, 2.05) is 0 Å². The van der Waals surface area contributed by atoms with Crippen LogP contribution in [0, 0.1) is 0 Å². The molecule has 2 rings (SSSR count). The van der Waals surface area contributed by atoms with Crippen LogP contribution in [0.3, 0.4) is 0 Å². The molecule has 1 aliphatic rings. The summed E-state index contributed by atoms with van der Waals surface area (Å²) in [6.45, 7) is 5.29. The highest BCUT2D eigenvalue weighted by molar-refractivity contribution is 5.76. The number of urea groups is 1. The fourth-order valence-electron chi connectivity index (χ4n) is 2.11. The number of rotatable bonds is 7. The van der Waals surface area contributed by atoms with Crippen LogP contribution in [-0.4, -0.2) is 39.0 Å². The van der Waals surface area contributed by atoms with E-state index in [2.05, 4.69) is 32.5 Å². The van der Waals surface area contributed by atoms with E-state index >= 15 is 0 Å². The van der Waals surface area contributed by atoms with E-state index in [0.29, 0.717) is 11.5 Å². The van der Waals surface area contributed by atoms with Crippen molar-refractivity contribution in [2.45, 2.75) is 19.7 Å². The van der Waals surface area contributed by atoms with E-state index in [4.69, 9.17) is 4.74 Å². The normalized spacial score (nSPS) is 17.1. The summed E-state index contributed by atoms with van der Waals surface area (Å²) in [6.07, 6.45) is 4.89. The van der Waals surface area contributed by atoms with E-state index in [9.17, 15) is 19.5 Å². The molecular weight excluding hydrogens is 356 g/mol. The van der Waals surface area contributed by atoms with Crippen LogP contribution in [-0.2, 0) is 11.3 Å². The number of anilines is 1. The molecule has 0 aliphatic carbocycles. The van der Waals surface area contributed by atoms with Crippen molar-refractivity contribution in [2.75, 3.05) is 12.4 Å². The maximum atomic E-state index is 12.2. The third-order valence-electron chi connectivity index (χ3n) is 3.51. The number of hydrogen-bond acceptors (Lipinski definition) is 7. The number of allylic oxidation sites excluding steroid dienone is 3. The Balaban J connectivity index is 2.15. The van der Waals surface area contributed by atoms with E-state index in [1.54, 1.807) is 25.2 Å². The van der Waals surface area contributed by atoms with Crippen molar-refractivity contribution in [3.63, 3.8) is 0 Å². The maximum Gasteiger partial charge on any atom is 0.355 e. The van der Waals surface area contributed by atoms with Gasteiger partial charge in [0.2, 0.25) is 5.95 Å². The smallest absolute Gasteiger partial charge is 0.355 e. The molecule has 0 saturated heterocycles. The number of carbonyl (C=O) groups is 1. The lowest BCUT2D eigenvalue weighted by Crippen LogP contribution is -2.48. The van der Waals surface area contributed by atoms with Crippen molar-refractivity contribution in [3.05, 3.63) is 69.0 Å². The number of methoxy groups -OCH3 is 1. The first-order valence-electron chi connectivity index (χ1n) is 7.83. The Morgan fingerprint density at radius 1 is 1.44 bits per heavy atom. The number of aromatic nitrogens is 3. The van der Waals surface area contributed by atoms with Gasteiger partial charge in [0.25, 0.3) is 0 Å². The molecule has 144 valence electrons. The molecule has 11 heteroatoms. The molecule has 2 heterocycles. The van der Waals surface area contributed by atoms with Crippen molar-refractivity contribution >= 4 is 12.0 Å². The quantitative estimate of drug-likeness (QED) is 0.317. The average Bonchev–Trinajstić information content (AvgIpc) is 2.60. The van der Waals surface area contributed by atoms with Gasteiger partial charge in [-0.05, 0) is 25.2 Å². The van der Waals surface area contributed by atoms with Crippen LogP contribution >= 0.6 is 0 Å². The van der Waals surface area contributed by atoms with Gasteiger partial charge >= 0.3 is 17.4 Å². The molecule has 27 heavy (non-hydrogen) atoms. The van der Waals surface area contributed by atoms with Gasteiger partial charge in [0.15, 0.2) is 6.23 Å². The third-order valence-corrected chi connectivity index (χ3v) is 3.51. The Kier molecular flexibility index (Phi) is 6.33. The molecule has 0 radical (unpaired) electrons. The predicted octanol–water partition coefficient (Wildman–Crippen LogP) is -0.521. The lowest BCUT2D eigenvalue weighted by molar-refractivity contribution is 0.160. The lowest BCUT2D eigenvalue weighted by Gasteiger charge is -2.21. The summed E-state index contributed by atoms with van der Waals surface area (Å²) < 4.78 is 5.84. The number of carbonyl (C=O) groups excluding carboxylic acids is 1. The first-order valence-corrected chi connectivity index (χ1v) is 7.83. The summed E-state index contributed by atoms with van der Waals surface area (Å²) in [5.74, 6) is 0.523. The first kappa shape index (κ1) is 19.7. The zero-order valence-electron chi connectivity index (χ0n) is 14.8. The highest BCUT2D eigenvalue weighted by Crippen LogP contribution is 2.05. The molecule has 5 N–H and O–H groups in total. The van der Waals surface area contributed by atoms with Crippen molar-refractivity contribution in [1.29, 1.82) is 0 Å². The summed E-state index contributed by atoms with van der Waals surface area (Å²) in [5, 5.41) is 17.0. The number of aliphatic hydroxyl groups excluding tert-OH is 1. The molecule has 0 fully saturated rings. The van der Waals surface area contributed by atoms with Gasteiger partial charge in [-0.3, -0.25) is 4.98 Å². The molecule has 1 aromatic heterocycles. The fourth-order valence-corrected chi connectivity index (χ4v) is 2.11. The van der Waals surface area contributed by atoms with Crippen LogP contribution in [0.2, 0.25) is 0 Å². The van der Waals surface area contributed by atoms with Gasteiger partial charge in [-0.1, -0.05) is 6.58 Å². The molecule has 1 atom stereocenters. The number of H-pyrrole nitrogens is 1. The van der Waals surface area contributed by atoms with Crippen LogP contribution in [0.5, 0.6) is 0 Å². The van der Waals surface area contributed by atoms with Gasteiger partial charge < -0.3 is 25.8 Å². The second-order valence-corrected chi connectivity index (χ2v) is 5.38. The molecular formula is C16H20N6O5. The standard InChI is InChI=1S/C16H20N6O5/c1-4-11(27-3)6-5-9(2)18-13-20-15(25)22(16(26)21-13)8-10-7-17-14(24)19-12(10)23/h4-7,12,23H,2,8H2,1,3H3,(H2,17,19,24)(H2,18,20,21,25,26)/b6-5-,11-4+. The summed E-state index contributed by atoms with van der Waals surface area (Å²) in [7, 11) is 1.52. The predicted molar refractivity (Wildman–Crippen MR) is 97.5 cm³/mol. The largest absolute Gasteiger partial charge is 0.497 e. The Morgan fingerprint density at radius 2 is 2.19 bits per heavy atom. The maximum absolute atomic E-state index is 12.2. The summed E-state index contributed by atoms with van der Waals surface area (Å²) >= 11 is 0. The third kappa shape index (κ3) is 5.19. The molecule has 11 nitrogen and oxygen atoms in total. The monoisotopic (exact) mass is 376 g/mol. The van der Waals surface area contributed by atoms with Crippen LogP contribution in [0.1, 0.15) is 6.92 Å². The van der Waals surface area contributed by atoms with E-state index in [-0.39, 0.29) is 18.1 Å². The van der Waals surface area contributed by atoms with Crippen LogP contribution in [0.25, 0.3) is 0 Å². The second-order valence-electron chi connectivity index (χ2n) is 5.38. The number of amides is 2. The highest BCUT2D eigenvalue weighted by atomic mass is 16.5. The molecule has 1 aliphatic heterocycles.